The second-order valence-electron chi connectivity index (χ2n) is 13.6. The van der Waals surface area contributed by atoms with Crippen molar-refractivity contribution in [3.05, 3.63) is 170 Å². The number of fused-ring (bicyclic) bond motifs is 4. The van der Waals surface area contributed by atoms with E-state index in [-0.39, 0.29) is 35.8 Å². The molecule has 0 bridgehead atoms. The fraction of sp³-hybridized carbons (Fsp3) is 0.102. The largest absolute Gasteiger partial charge is 0.426 e. The van der Waals surface area contributed by atoms with Crippen molar-refractivity contribution in [2.24, 2.45) is 11.3 Å². The standard InChI is InChI=1S/C49H36O8/c1-2-15-40(45(50)54-41-28-11-20-32-16-3-7-24-36(32)41)49(46(51)55-42-29-12-21-33-17-4-8-25-37(33)42,47(52)56-43-30-13-22-34-18-5-9-26-38(34)43)48(53)57-44-31-14-23-35-19-6-10-27-39(35)44/h3-14,16-31,40H,2,15H2,1H3. The molecule has 57 heavy (non-hydrogen) atoms. The van der Waals surface area contributed by atoms with Crippen molar-refractivity contribution >= 4 is 67.0 Å². The fourth-order valence-corrected chi connectivity index (χ4v) is 7.34. The average Bonchev–Trinajstić information content (AvgIpc) is 3.24. The second kappa shape index (κ2) is 15.8. The predicted molar refractivity (Wildman–Crippen MR) is 219 cm³/mol. The number of carbonyl (C=O) groups excluding carboxylic acids is 4. The molecule has 0 aliphatic carbocycles. The molecule has 0 aliphatic heterocycles. The van der Waals surface area contributed by atoms with Gasteiger partial charge in [-0.3, -0.25) is 4.79 Å². The molecule has 8 rings (SSSR count). The Hall–Kier alpha value is -7.32. The van der Waals surface area contributed by atoms with Gasteiger partial charge in [-0.15, -0.1) is 0 Å². The first-order valence-electron chi connectivity index (χ1n) is 18.7. The summed E-state index contributed by atoms with van der Waals surface area (Å²) in [6.45, 7) is 1.77. The van der Waals surface area contributed by atoms with Gasteiger partial charge in [0, 0.05) is 21.5 Å². The zero-order valence-corrected chi connectivity index (χ0v) is 30.9. The van der Waals surface area contributed by atoms with Gasteiger partial charge in [-0.1, -0.05) is 159 Å². The van der Waals surface area contributed by atoms with Crippen LogP contribution in [0, 0.1) is 11.3 Å². The van der Waals surface area contributed by atoms with Crippen LogP contribution < -0.4 is 18.9 Å². The number of benzene rings is 8. The van der Waals surface area contributed by atoms with Crippen molar-refractivity contribution in [3.8, 4) is 23.0 Å². The van der Waals surface area contributed by atoms with E-state index in [0.29, 0.717) is 21.5 Å². The molecule has 0 heterocycles. The summed E-state index contributed by atoms with van der Waals surface area (Å²) in [6, 6.07) is 49.4. The predicted octanol–water partition coefficient (Wildman–Crippen LogP) is 10.4. The van der Waals surface area contributed by atoms with Crippen LogP contribution in [0.1, 0.15) is 19.8 Å². The third-order valence-corrected chi connectivity index (χ3v) is 10.2. The Kier molecular flexibility index (Phi) is 10.2. The van der Waals surface area contributed by atoms with Crippen molar-refractivity contribution in [2.45, 2.75) is 19.8 Å². The van der Waals surface area contributed by atoms with E-state index >= 15 is 14.4 Å². The summed E-state index contributed by atoms with van der Waals surface area (Å²) in [5, 5.41) is 5.25. The van der Waals surface area contributed by atoms with Crippen molar-refractivity contribution in [3.63, 3.8) is 0 Å². The minimum absolute atomic E-state index is 0.0658. The summed E-state index contributed by atoms with van der Waals surface area (Å²) in [4.78, 5) is 60.8. The Bertz CT molecular complexity index is 2580. The number of ether oxygens (including phenoxy) is 4. The molecule has 0 fully saturated rings. The first-order chi connectivity index (χ1) is 27.9. The summed E-state index contributed by atoms with van der Waals surface area (Å²) in [7, 11) is 0. The van der Waals surface area contributed by atoms with Gasteiger partial charge in [0.2, 0.25) is 0 Å². The quantitative estimate of drug-likeness (QED) is 0.0730. The van der Waals surface area contributed by atoms with Gasteiger partial charge in [0.05, 0.1) is 5.92 Å². The highest BCUT2D eigenvalue weighted by atomic mass is 16.6. The maximum atomic E-state index is 15.3. The van der Waals surface area contributed by atoms with Gasteiger partial charge < -0.3 is 18.9 Å². The summed E-state index contributed by atoms with van der Waals surface area (Å²) in [5.74, 6) is -6.50. The molecule has 0 amide bonds. The van der Waals surface area contributed by atoms with E-state index in [1.54, 1.807) is 104 Å². The lowest BCUT2D eigenvalue weighted by molar-refractivity contribution is -0.181. The highest BCUT2D eigenvalue weighted by molar-refractivity contribution is 6.22. The van der Waals surface area contributed by atoms with Crippen LogP contribution in [0.4, 0.5) is 0 Å². The molecule has 8 nitrogen and oxygen atoms in total. The first kappa shape index (κ1) is 36.6. The third-order valence-electron chi connectivity index (χ3n) is 10.2. The van der Waals surface area contributed by atoms with E-state index < -0.39 is 35.2 Å². The molecule has 0 spiro atoms. The van der Waals surface area contributed by atoms with E-state index in [2.05, 4.69) is 0 Å². The van der Waals surface area contributed by atoms with Crippen molar-refractivity contribution in [1.29, 1.82) is 0 Å². The Morgan fingerprint density at radius 2 is 0.684 bits per heavy atom. The van der Waals surface area contributed by atoms with Crippen LogP contribution in [-0.4, -0.2) is 23.9 Å². The van der Waals surface area contributed by atoms with E-state index in [1.165, 1.54) is 0 Å². The van der Waals surface area contributed by atoms with Crippen molar-refractivity contribution in [1.82, 2.24) is 0 Å². The summed E-state index contributed by atoms with van der Waals surface area (Å²) < 4.78 is 24.5. The molecule has 0 saturated carbocycles. The lowest BCUT2D eigenvalue weighted by Crippen LogP contribution is -2.59. The Morgan fingerprint density at radius 3 is 1.00 bits per heavy atom. The van der Waals surface area contributed by atoms with E-state index in [1.807, 2.05) is 72.8 Å². The molecule has 1 atom stereocenters. The fourth-order valence-electron chi connectivity index (χ4n) is 7.34. The van der Waals surface area contributed by atoms with Gasteiger partial charge >= 0.3 is 23.9 Å². The monoisotopic (exact) mass is 752 g/mol. The molecule has 0 saturated heterocycles. The third kappa shape index (κ3) is 6.93. The number of esters is 4. The number of hydrogen-bond donors (Lipinski definition) is 0. The molecule has 0 N–H and O–H groups in total. The van der Waals surface area contributed by atoms with Gasteiger partial charge in [0.1, 0.15) is 23.0 Å². The average molecular weight is 753 g/mol. The van der Waals surface area contributed by atoms with Crippen LogP contribution in [0.15, 0.2) is 170 Å². The Morgan fingerprint density at radius 1 is 0.404 bits per heavy atom. The first-order valence-corrected chi connectivity index (χ1v) is 18.7. The molecule has 8 aromatic rings. The summed E-state index contributed by atoms with van der Waals surface area (Å²) in [5.41, 5.74) is -3.05. The zero-order chi connectivity index (χ0) is 39.4. The Labute approximate surface area is 328 Å². The van der Waals surface area contributed by atoms with Gasteiger partial charge in [-0.05, 0) is 52.2 Å². The molecule has 8 heteroatoms. The molecule has 280 valence electrons. The van der Waals surface area contributed by atoms with E-state index in [4.69, 9.17) is 18.9 Å². The van der Waals surface area contributed by atoms with Gasteiger partial charge in [0.15, 0.2) is 0 Å². The van der Waals surface area contributed by atoms with Crippen LogP contribution in [0.2, 0.25) is 0 Å². The molecular formula is C49H36O8. The van der Waals surface area contributed by atoms with Crippen LogP contribution in [-0.2, 0) is 19.2 Å². The number of hydrogen-bond acceptors (Lipinski definition) is 8. The highest BCUT2D eigenvalue weighted by Crippen LogP contribution is 2.42. The SMILES string of the molecule is CCCC(C(=O)Oc1cccc2ccccc12)C(C(=O)Oc1cccc2ccccc12)(C(=O)Oc1cccc2ccccc12)C(=O)Oc1cccc2ccccc12. The summed E-state index contributed by atoms with van der Waals surface area (Å²) >= 11 is 0. The second-order valence-corrected chi connectivity index (χ2v) is 13.6. The van der Waals surface area contributed by atoms with Gasteiger partial charge in [-0.25, -0.2) is 14.4 Å². The highest BCUT2D eigenvalue weighted by Gasteiger charge is 2.66. The molecule has 0 aliphatic rings. The molecule has 0 radical (unpaired) electrons. The molecular weight excluding hydrogens is 717 g/mol. The zero-order valence-electron chi connectivity index (χ0n) is 30.9. The molecule has 8 aromatic carbocycles. The van der Waals surface area contributed by atoms with Gasteiger partial charge in [0.25, 0.3) is 5.41 Å². The Balaban J connectivity index is 1.33. The minimum Gasteiger partial charge on any atom is -0.426 e. The van der Waals surface area contributed by atoms with Crippen LogP contribution >= 0.6 is 0 Å². The minimum atomic E-state index is -3.05. The number of rotatable bonds is 11. The normalized spacial score (nSPS) is 11.9. The maximum Gasteiger partial charge on any atom is 0.341 e. The van der Waals surface area contributed by atoms with Crippen LogP contribution in [0.5, 0.6) is 23.0 Å². The number of carbonyl (C=O) groups is 4. The van der Waals surface area contributed by atoms with E-state index in [9.17, 15) is 4.79 Å². The lowest BCUT2D eigenvalue weighted by Gasteiger charge is -2.33. The topological polar surface area (TPSA) is 105 Å². The summed E-state index contributed by atoms with van der Waals surface area (Å²) in [6.07, 6.45) is 0.0885. The van der Waals surface area contributed by atoms with Crippen LogP contribution in [0.3, 0.4) is 0 Å². The van der Waals surface area contributed by atoms with E-state index in [0.717, 1.165) is 21.5 Å². The van der Waals surface area contributed by atoms with Crippen molar-refractivity contribution < 1.29 is 38.1 Å². The van der Waals surface area contributed by atoms with Crippen molar-refractivity contribution in [2.75, 3.05) is 0 Å². The van der Waals surface area contributed by atoms with Crippen LogP contribution in [0.25, 0.3) is 43.1 Å². The van der Waals surface area contributed by atoms with Gasteiger partial charge in [-0.2, -0.15) is 0 Å². The molecule has 0 aromatic heterocycles. The maximum absolute atomic E-state index is 15.3. The molecule has 1 unspecified atom stereocenters. The smallest absolute Gasteiger partial charge is 0.341 e. The lowest BCUT2D eigenvalue weighted by atomic mass is 9.72.